The van der Waals surface area contributed by atoms with Gasteiger partial charge in [0.1, 0.15) is 28.7 Å². The van der Waals surface area contributed by atoms with Crippen LogP contribution in [0.15, 0.2) is 65.6 Å². The molecular weight excluding hydrogens is 645 g/mol. The van der Waals surface area contributed by atoms with Crippen molar-refractivity contribution < 1.29 is 44.7 Å². The molecule has 14 heteroatoms. The predicted molar refractivity (Wildman–Crippen MR) is 160 cm³/mol. The molecule has 47 heavy (non-hydrogen) atoms. The van der Waals surface area contributed by atoms with Crippen LogP contribution >= 0.6 is 0 Å². The molecule has 8 nitrogen and oxygen atoms in total. The molecule has 0 saturated carbocycles. The van der Waals surface area contributed by atoms with E-state index in [9.17, 15) is 40.0 Å². The van der Waals surface area contributed by atoms with Gasteiger partial charge < -0.3 is 20.3 Å². The Bertz CT molecular complexity index is 1810. The predicted octanol–water partition coefficient (Wildman–Crippen LogP) is 5.57. The van der Waals surface area contributed by atoms with E-state index >= 15 is 0 Å². The Morgan fingerprint density at radius 1 is 0.957 bits per heavy atom. The highest BCUT2D eigenvalue weighted by atomic mass is 32.2. The number of urea groups is 1. The number of sulfone groups is 1. The molecule has 2 N–H and O–H groups in total. The lowest BCUT2D eigenvalue weighted by atomic mass is 9.78. The zero-order valence-corrected chi connectivity index (χ0v) is 25.9. The number of nitrogens with zero attached hydrogens (tertiary/aromatic N) is 2. The van der Waals surface area contributed by atoms with Crippen LogP contribution in [0.2, 0.25) is 0 Å². The van der Waals surface area contributed by atoms with Crippen LogP contribution in [0, 0.1) is 17.6 Å². The smallest absolute Gasteiger partial charge is 0.416 e. The standard InChI is InChI=1S/C33H32F5N3O5S/c34-22-5-8-24(9-6-22)47(44,45)32-14-17-41(30(42)20-12-15-40(16-13-20)31(39)43)29(32)11-4-21-18-23(7-10-26(21)32)46-19-25-27(33(36,37)38)2-1-3-28(25)35/h1-3,5-10,18,20,29H,4,11-17,19H2,(H2,39,43)/t29-,32-/m1/s1. The molecule has 0 spiro atoms. The second kappa shape index (κ2) is 12.1. The third kappa shape index (κ3) is 5.70. The third-order valence-corrected chi connectivity index (χ3v) is 12.3. The van der Waals surface area contributed by atoms with Crippen LogP contribution in [0.5, 0.6) is 5.75 Å². The summed E-state index contributed by atoms with van der Waals surface area (Å²) in [5.74, 6) is -2.19. The fraction of sp³-hybridized carbons (Fsp3) is 0.394. The highest BCUT2D eigenvalue weighted by molar-refractivity contribution is 7.92. The summed E-state index contributed by atoms with van der Waals surface area (Å²) in [7, 11) is -4.25. The molecule has 3 amide bonds. The number of aryl methyl sites for hydroxylation is 1. The summed E-state index contributed by atoms with van der Waals surface area (Å²) in [6.07, 6.45) is -3.38. The van der Waals surface area contributed by atoms with Crippen molar-refractivity contribution in [3.63, 3.8) is 0 Å². The Hall–Kier alpha value is -4.20. The van der Waals surface area contributed by atoms with E-state index in [1.54, 1.807) is 17.0 Å². The topological polar surface area (TPSA) is 110 Å². The molecule has 2 saturated heterocycles. The molecule has 2 heterocycles. The Morgan fingerprint density at radius 2 is 1.66 bits per heavy atom. The average molecular weight is 678 g/mol. The number of nitrogens with two attached hydrogens (primary N) is 1. The van der Waals surface area contributed by atoms with Crippen LogP contribution in [0.25, 0.3) is 0 Å². The van der Waals surface area contributed by atoms with Gasteiger partial charge in [-0.3, -0.25) is 4.79 Å². The number of primary amides is 1. The minimum absolute atomic E-state index is 0.0562. The van der Waals surface area contributed by atoms with Gasteiger partial charge in [0.05, 0.1) is 16.5 Å². The van der Waals surface area contributed by atoms with Gasteiger partial charge >= 0.3 is 12.2 Å². The van der Waals surface area contributed by atoms with Crippen LogP contribution in [0.3, 0.4) is 0 Å². The van der Waals surface area contributed by atoms with E-state index in [4.69, 9.17) is 10.5 Å². The van der Waals surface area contributed by atoms with Crippen molar-refractivity contribution in [2.24, 2.45) is 11.7 Å². The van der Waals surface area contributed by atoms with Gasteiger partial charge in [0.15, 0.2) is 9.84 Å². The molecule has 1 aliphatic carbocycles. The minimum Gasteiger partial charge on any atom is -0.489 e. The van der Waals surface area contributed by atoms with Crippen LogP contribution in [0.4, 0.5) is 26.7 Å². The number of amides is 3. The summed E-state index contributed by atoms with van der Waals surface area (Å²) in [6, 6.07) is 10.4. The molecule has 0 aromatic heterocycles. The lowest BCUT2D eigenvalue weighted by molar-refractivity contribution is -0.139. The van der Waals surface area contributed by atoms with Crippen molar-refractivity contribution in [2.45, 2.75) is 60.6 Å². The quantitative estimate of drug-likeness (QED) is 0.271. The fourth-order valence-corrected chi connectivity index (χ4v) is 9.76. The zero-order chi connectivity index (χ0) is 33.7. The molecule has 3 aromatic rings. The second-order valence-electron chi connectivity index (χ2n) is 12.2. The highest BCUT2D eigenvalue weighted by Gasteiger charge is 2.61. The van der Waals surface area contributed by atoms with Crippen molar-refractivity contribution in [3.8, 4) is 5.75 Å². The molecule has 3 aliphatic rings. The first-order valence-electron chi connectivity index (χ1n) is 15.2. The van der Waals surface area contributed by atoms with E-state index in [1.807, 2.05) is 0 Å². The first kappa shape index (κ1) is 32.7. The largest absolute Gasteiger partial charge is 0.489 e. The van der Waals surface area contributed by atoms with Gasteiger partial charge in [0, 0.05) is 31.1 Å². The zero-order valence-electron chi connectivity index (χ0n) is 25.1. The van der Waals surface area contributed by atoms with E-state index in [1.165, 1.54) is 23.1 Å². The molecule has 0 bridgehead atoms. The average Bonchev–Trinajstić information content (AvgIpc) is 3.45. The van der Waals surface area contributed by atoms with E-state index in [-0.39, 0.29) is 35.9 Å². The number of likely N-dealkylation sites (tertiary alicyclic amines) is 2. The number of ether oxygens (including phenoxy) is 1. The first-order valence-corrected chi connectivity index (χ1v) is 16.7. The maximum absolute atomic E-state index is 14.6. The molecule has 0 radical (unpaired) electrons. The first-order chi connectivity index (χ1) is 22.2. The van der Waals surface area contributed by atoms with Crippen molar-refractivity contribution >= 4 is 21.8 Å². The Kier molecular flexibility index (Phi) is 8.43. The molecule has 250 valence electrons. The van der Waals surface area contributed by atoms with Gasteiger partial charge in [-0.1, -0.05) is 12.1 Å². The Balaban J connectivity index is 1.35. The Labute approximate surface area is 268 Å². The molecule has 3 aromatic carbocycles. The molecular formula is C33H32F5N3O5S. The SMILES string of the molecule is NC(=O)N1CCC(C(=O)N2CC[C@@]3(S(=O)(=O)c4ccc(F)cc4)c4ccc(OCc5c(F)cccc5C(F)(F)F)cc4CC[C@@H]23)CC1. The van der Waals surface area contributed by atoms with Crippen LogP contribution in [-0.2, 0) is 38.6 Å². The van der Waals surface area contributed by atoms with Gasteiger partial charge in [0.2, 0.25) is 5.91 Å². The van der Waals surface area contributed by atoms with Gasteiger partial charge in [0.25, 0.3) is 0 Å². The van der Waals surface area contributed by atoms with Gasteiger partial charge in [-0.05, 0) is 91.8 Å². The second-order valence-corrected chi connectivity index (χ2v) is 14.4. The van der Waals surface area contributed by atoms with Crippen LogP contribution < -0.4 is 10.5 Å². The summed E-state index contributed by atoms with van der Waals surface area (Å²) in [5.41, 5.74) is 4.58. The number of benzene rings is 3. The summed E-state index contributed by atoms with van der Waals surface area (Å²) in [6.45, 7) is 0.0579. The number of fused-ring (bicyclic) bond motifs is 3. The maximum atomic E-state index is 14.6. The highest BCUT2D eigenvalue weighted by Crippen LogP contribution is 2.53. The van der Waals surface area contributed by atoms with Crippen LogP contribution in [0.1, 0.15) is 47.9 Å². The summed E-state index contributed by atoms with van der Waals surface area (Å²) in [4.78, 5) is 28.5. The van der Waals surface area contributed by atoms with E-state index in [0.29, 0.717) is 43.5 Å². The number of carbonyl (C=O) groups excluding carboxylic acids is 2. The van der Waals surface area contributed by atoms with Crippen molar-refractivity contribution in [1.82, 2.24) is 9.80 Å². The van der Waals surface area contributed by atoms with Crippen LogP contribution in [-0.4, -0.2) is 55.8 Å². The molecule has 0 unspecified atom stereocenters. The fourth-order valence-electron chi connectivity index (χ4n) is 7.39. The normalized spacial score (nSPS) is 21.7. The maximum Gasteiger partial charge on any atom is 0.416 e. The lowest BCUT2D eigenvalue weighted by Crippen LogP contribution is -2.54. The van der Waals surface area contributed by atoms with Gasteiger partial charge in [-0.25, -0.2) is 22.0 Å². The molecule has 2 fully saturated rings. The van der Waals surface area contributed by atoms with Crippen molar-refractivity contribution in [3.05, 3.63) is 94.6 Å². The Morgan fingerprint density at radius 3 is 2.32 bits per heavy atom. The van der Waals surface area contributed by atoms with E-state index < -0.39 is 68.1 Å². The number of hydrogen-bond donors (Lipinski definition) is 1. The lowest BCUT2D eigenvalue weighted by Gasteiger charge is -2.43. The number of alkyl halides is 3. The van der Waals surface area contributed by atoms with E-state index in [0.717, 1.165) is 30.3 Å². The minimum atomic E-state index is -4.79. The summed E-state index contributed by atoms with van der Waals surface area (Å²) in [5, 5.41) is 0. The summed E-state index contributed by atoms with van der Waals surface area (Å²) < 4.78 is 102. The number of carbonyl (C=O) groups is 2. The molecule has 2 aliphatic heterocycles. The number of halogens is 5. The molecule has 6 rings (SSSR count). The monoisotopic (exact) mass is 677 g/mol. The van der Waals surface area contributed by atoms with Crippen molar-refractivity contribution in [2.75, 3.05) is 19.6 Å². The van der Waals surface area contributed by atoms with Crippen molar-refractivity contribution in [1.29, 1.82) is 0 Å². The van der Waals surface area contributed by atoms with Gasteiger partial charge in [-0.2, -0.15) is 13.2 Å². The molecule has 2 atom stereocenters. The van der Waals surface area contributed by atoms with E-state index in [2.05, 4.69) is 0 Å². The number of rotatable bonds is 6. The van der Waals surface area contributed by atoms with Gasteiger partial charge in [-0.15, -0.1) is 0 Å². The number of piperidine rings is 1. The third-order valence-electron chi connectivity index (χ3n) is 9.71. The number of hydrogen-bond acceptors (Lipinski definition) is 5. The summed E-state index contributed by atoms with van der Waals surface area (Å²) >= 11 is 0.